The van der Waals surface area contributed by atoms with Crippen molar-refractivity contribution in [3.8, 4) is 17.4 Å². The minimum absolute atomic E-state index is 0.0276. The van der Waals surface area contributed by atoms with Crippen LogP contribution in [-0.4, -0.2) is 23.5 Å². The molecule has 0 amide bonds. The lowest BCUT2D eigenvalue weighted by Gasteiger charge is -2.13. The van der Waals surface area contributed by atoms with Gasteiger partial charge in [-0.05, 0) is 55.5 Å². The molecule has 0 fully saturated rings. The average molecular weight is 393 g/mol. The number of H-pyrrole nitrogens is 2. The molecule has 142 valence electrons. The predicted octanol–water partition coefficient (Wildman–Crippen LogP) is 2.38. The Morgan fingerprint density at radius 1 is 1.04 bits per heavy atom. The number of halogens is 1. The number of hydrogen-bond acceptors (Lipinski definition) is 5. The van der Waals surface area contributed by atoms with E-state index in [-0.39, 0.29) is 10.6 Å². The molecular formula is C17H16FN3O5S. The molecule has 0 saturated heterocycles. The lowest BCUT2D eigenvalue weighted by Crippen LogP contribution is -2.27. The van der Waals surface area contributed by atoms with Gasteiger partial charge in [0.25, 0.3) is 0 Å². The van der Waals surface area contributed by atoms with E-state index >= 15 is 0 Å². The maximum atomic E-state index is 12.9. The second-order valence-corrected chi connectivity index (χ2v) is 7.43. The molecule has 4 N–H and O–H groups in total. The molecule has 1 atom stereocenters. The van der Waals surface area contributed by atoms with Crippen molar-refractivity contribution >= 4 is 10.0 Å². The Bertz CT molecular complexity index is 1090. The molecule has 10 heteroatoms. The number of aromatic amines is 2. The van der Waals surface area contributed by atoms with Crippen LogP contribution in [-0.2, 0) is 10.0 Å². The molecule has 1 heterocycles. The summed E-state index contributed by atoms with van der Waals surface area (Å²) in [4.78, 5) is 15.6. The van der Waals surface area contributed by atoms with E-state index in [4.69, 9.17) is 4.74 Å². The van der Waals surface area contributed by atoms with Gasteiger partial charge in [0.05, 0.1) is 16.6 Å². The van der Waals surface area contributed by atoms with Crippen LogP contribution in [0, 0.1) is 5.82 Å². The summed E-state index contributed by atoms with van der Waals surface area (Å²) in [5.41, 5.74) is -0.615. The van der Waals surface area contributed by atoms with E-state index in [1.54, 1.807) is 0 Å². The lowest BCUT2D eigenvalue weighted by atomic mass is 10.3. The number of imidazole rings is 1. The molecule has 0 bridgehead atoms. The largest absolute Gasteiger partial charge is 0.493 e. The summed E-state index contributed by atoms with van der Waals surface area (Å²) in [6.45, 7) is 1.47. The zero-order chi connectivity index (χ0) is 19.6. The first-order valence-electron chi connectivity index (χ1n) is 7.81. The maximum absolute atomic E-state index is 12.9. The Morgan fingerprint density at radius 2 is 1.59 bits per heavy atom. The van der Waals surface area contributed by atoms with Gasteiger partial charge in [0.15, 0.2) is 0 Å². The van der Waals surface area contributed by atoms with Crippen LogP contribution < -0.4 is 15.1 Å². The highest BCUT2D eigenvalue weighted by molar-refractivity contribution is 7.89. The lowest BCUT2D eigenvalue weighted by molar-refractivity contribution is 0.441. The molecule has 0 unspecified atom stereocenters. The summed E-state index contributed by atoms with van der Waals surface area (Å²) in [5, 5.41) is 9.60. The fourth-order valence-corrected chi connectivity index (χ4v) is 3.60. The number of ether oxygens (including phenoxy) is 1. The zero-order valence-electron chi connectivity index (χ0n) is 14.1. The molecule has 3 aromatic rings. The third-order valence-electron chi connectivity index (χ3n) is 3.68. The quantitative estimate of drug-likeness (QED) is 0.512. The van der Waals surface area contributed by atoms with Crippen molar-refractivity contribution in [1.82, 2.24) is 14.7 Å². The minimum atomic E-state index is -3.91. The summed E-state index contributed by atoms with van der Waals surface area (Å²) >= 11 is 0. The highest BCUT2D eigenvalue weighted by Crippen LogP contribution is 2.24. The summed E-state index contributed by atoms with van der Waals surface area (Å²) in [7, 11) is -3.91. The van der Waals surface area contributed by atoms with Gasteiger partial charge in [-0.3, -0.25) is 4.98 Å². The normalized spacial score (nSPS) is 12.7. The highest BCUT2D eigenvalue weighted by atomic mass is 32.2. The van der Waals surface area contributed by atoms with Crippen molar-refractivity contribution < 1.29 is 22.7 Å². The van der Waals surface area contributed by atoms with Gasteiger partial charge >= 0.3 is 5.69 Å². The molecule has 3 rings (SSSR count). The molecule has 0 aliphatic carbocycles. The van der Waals surface area contributed by atoms with Crippen LogP contribution in [0.15, 0.2) is 58.2 Å². The molecule has 0 saturated carbocycles. The molecule has 0 aliphatic rings. The van der Waals surface area contributed by atoms with Crippen LogP contribution in [0.5, 0.6) is 17.4 Å². The SMILES string of the molecule is C[C@@H](NS(=O)(=O)c1ccc(Oc2ccc(F)cc2)cc1)c1[nH]c(=O)[nH]c1O. The van der Waals surface area contributed by atoms with E-state index in [2.05, 4.69) is 14.7 Å². The Morgan fingerprint density at radius 3 is 2.11 bits per heavy atom. The maximum Gasteiger partial charge on any atom is 0.326 e. The first-order chi connectivity index (χ1) is 12.7. The Balaban J connectivity index is 1.74. The van der Waals surface area contributed by atoms with E-state index in [1.807, 2.05) is 0 Å². The number of aromatic hydroxyl groups is 1. The number of hydrogen-bond donors (Lipinski definition) is 4. The van der Waals surface area contributed by atoms with Crippen LogP contribution in [0.4, 0.5) is 4.39 Å². The van der Waals surface area contributed by atoms with Gasteiger partial charge in [0, 0.05) is 0 Å². The van der Waals surface area contributed by atoms with Gasteiger partial charge in [0.2, 0.25) is 15.9 Å². The molecule has 1 aromatic heterocycles. The molecule has 0 radical (unpaired) electrons. The Hall–Kier alpha value is -3.11. The summed E-state index contributed by atoms with van der Waals surface area (Å²) in [5.74, 6) is -0.0381. The van der Waals surface area contributed by atoms with E-state index in [9.17, 15) is 22.7 Å². The fraction of sp³-hybridized carbons (Fsp3) is 0.118. The second-order valence-electron chi connectivity index (χ2n) is 5.71. The van der Waals surface area contributed by atoms with Gasteiger partial charge in [-0.2, -0.15) is 0 Å². The standard InChI is InChI=1S/C17H16FN3O5S/c1-10(15-16(22)20-17(23)19-15)21-27(24,25)14-8-6-13(7-9-14)26-12-4-2-11(18)3-5-12/h2-10,21-22H,1H3,(H2,19,20,23)/t10-/m1/s1. The number of benzene rings is 2. The highest BCUT2D eigenvalue weighted by Gasteiger charge is 2.22. The molecule has 27 heavy (non-hydrogen) atoms. The summed E-state index contributed by atoms with van der Waals surface area (Å²) in [6, 6.07) is 10.1. The topological polar surface area (TPSA) is 124 Å². The van der Waals surface area contributed by atoms with E-state index in [0.29, 0.717) is 11.5 Å². The summed E-state index contributed by atoms with van der Waals surface area (Å²) < 4.78 is 45.7. The number of rotatable bonds is 6. The van der Waals surface area contributed by atoms with Crippen LogP contribution in [0.1, 0.15) is 18.7 Å². The first kappa shape index (κ1) is 18.7. The van der Waals surface area contributed by atoms with E-state index < -0.39 is 33.5 Å². The fourth-order valence-electron chi connectivity index (χ4n) is 2.39. The number of nitrogens with one attached hydrogen (secondary N) is 3. The van der Waals surface area contributed by atoms with Crippen LogP contribution in [0.25, 0.3) is 0 Å². The first-order valence-corrected chi connectivity index (χ1v) is 9.30. The van der Waals surface area contributed by atoms with Crippen molar-refractivity contribution in [1.29, 1.82) is 0 Å². The monoisotopic (exact) mass is 393 g/mol. The van der Waals surface area contributed by atoms with Crippen molar-refractivity contribution in [2.75, 3.05) is 0 Å². The molecule has 2 aromatic carbocycles. The Labute approximate surface area is 153 Å². The molecule has 0 aliphatic heterocycles. The van der Waals surface area contributed by atoms with Crippen molar-refractivity contribution in [3.05, 3.63) is 70.5 Å². The van der Waals surface area contributed by atoms with Crippen molar-refractivity contribution in [2.45, 2.75) is 17.9 Å². The van der Waals surface area contributed by atoms with Crippen LogP contribution in [0.2, 0.25) is 0 Å². The smallest absolute Gasteiger partial charge is 0.326 e. The van der Waals surface area contributed by atoms with Crippen LogP contribution >= 0.6 is 0 Å². The average Bonchev–Trinajstić information content (AvgIpc) is 2.95. The molecule has 0 spiro atoms. The Kier molecular flexibility index (Phi) is 5.02. The zero-order valence-corrected chi connectivity index (χ0v) is 14.9. The molecule has 8 nitrogen and oxygen atoms in total. The van der Waals surface area contributed by atoms with Gasteiger partial charge in [-0.15, -0.1) is 0 Å². The second kappa shape index (κ2) is 7.25. The summed E-state index contributed by atoms with van der Waals surface area (Å²) in [6.07, 6.45) is 0. The van der Waals surface area contributed by atoms with E-state index in [1.165, 1.54) is 55.5 Å². The van der Waals surface area contributed by atoms with Gasteiger partial charge in [-0.1, -0.05) is 0 Å². The van der Waals surface area contributed by atoms with Gasteiger partial charge < -0.3 is 14.8 Å². The third kappa shape index (κ3) is 4.36. The van der Waals surface area contributed by atoms with Crippen molar-refractivity contribution in [3.63, 3.8) is 0 Å². The van der Waals surface area contributed by atoms with Crippen LogP contribution in [0.3, 0.4) is 0 Å². The minimum Gasteiger partial charge on any atom is -0.493 e. The van der Waals surface area contributed by atoms with Crippen molar-refractivity contribution in [2.24, 2.45) is 0 Å². The number of sulfonamides is 1. The van der Waals surface area contributed by atoms with Gasteiger partial charge in [-0.25, -0.2) is 22.3 Å². The number of aromatic nitrogens is 2. The van der Waals surface area contributed by atoms with E-state index in [0.717, 1.165) is 0 Å². The van der Waals surface area contributed by atoms with Gasteiger partial charge in [0.1, 0.15) is 17.3 Å². The predicted molar refractivity (Wildman–Crippen MR) is 94.7 cm³/mol. The molecular weight excluding hydrogens is 377 g/mol. The third-order valence-corrected chi connectivity index (χ3v) is 5.24.